The summed E-state index contributed by atoms with van der Waals surface area (Å²) in [5.74, 6) is 0.282. The number of dihydropyridines is 1. The predicted molar refractivity (Wildman–Crippen MR) is 149 cm³/mol. The number of amides is 1. The number of piperidine rings is 1. The Morgan fingerprint density at radius 2 is 1.86 bits per heavy atom. The Balaban J connectivity index is 1.41. The Bertz CT molecular complexity index is 1240. The maximum absolute atomic E-state index is 13.7. The molecule has 186 valence electrons. The van der Waals surface area contributed by atoms with Gasteiger partial charge in [0.2, 0.25) is 5.91 Å². The molecule has 0 bridgehead atoms. The second-order valence-corrected chi connectivity index (χ2v) is 11.2. The molecule has 2 aromatic carbocycles. The third kappa shape index (κ3) is 5.33. The second-order valence-electron chi connectivity index (χ2n) is 9.61. The summed E-state index contributed by atoms with van der Waals surface area (Å²) in [6.45, 7) is 2.94. The molecule has 2 aromatic rings. The number of rotatable bonds is 4. The summed E-state index contributed by atoms with van der Waals surface area (Å²) in [6.07, 6.45) is 10.0. The Hall–Kier alpha value is -2.76. The summed E-state index contributed by atoms with van der Waals surface area (Å²) < 4.78 is 0. The molecule has 5 rings (SSSR count). The summed E-state index contributed by atoms with van der Waals surface area (Å²) >= 11 is 7.60. The number of fused-ring (bicyclic) bond motifs is 2. The van der Waals surface area contributed by atoms with Crippen molar-refractivity contribution in [3.05, 3.63) is 99.7 Å². The molecule has 2 unspecified atom stereocenters. The number of carbonyl (C=O) groups is 2. The molecule has 1 amide bonds. The van der Waals surface area contributed by atoms with Crippen molar-refractivity contribution >= 4 is 40.0 Å². The number of hydrogen-bond acceptors (Lipinski definition) is 4. The summed E-state index contributed by atoms with van der Waals surface area (Å²) in [6, 6.07) is 16.3. The minimum Gasteiger partial charge on any atom is -0.380 e. The number of likely N-dealkylation sites (tertiary alicyclic amines) is 1. The van der Waals surface area contributed by atoms with Gasteiger partial charge in [0.25, 0.3) is 0 Å². The Labute approximate surface area is 222 Å². The van der Waals surface area contributed by atoms with Gasteiger partial charge in [0.05, 0.1) is 12.0 Å². The van der Waals surface area contributed by atoms with Gasteiger partial charge in [-0.05, 0) is 77.9 Å². The molecule has 2 aliphatic heterocycles. The number of aryl methyl sites for hydroxylation is 1. The lowest BCUT2D eigenvalue weighted by molar-refractivity contribution is -0.132. The quantitative estimate of drug-likeness (QED) is 0.528. The van der Waals surface area contributed by atoms with Crippen molar-refractivity contribution < 1.29 is 9.59 Å². The summed E-state index contributed by atoms with van der Waals surface area (Å²) in [4.78, 5) is 27.3. The molecule has 3 aliphatic rings. The van der Waals surface area contributed by atoms with Crippen LogP contribution in [0.15, 0.2) is 78.0 Å². The van der Waals surface area contributed by atoms with Gasteiger partial charge in [-0.2, -0.15) is 0 Å². The fourth-order valence-electron chi connectivity index (χ4n) is 5.57. The van der Waals surface area contributed by atoms with Crippen LogP contribution in [0.25, 0.3) is 5.57 Å². The van der Waals surface area contributed by atoms with Crippen LogP contribution in [-0.4, -0.2) is 40.8 Å². The molecule has 1 N–H and O–H groups in total. The number of halogens is 1. The molecule has 1 fully saturated rings. The highest BCUT2D eigenvalue weighted by molar-refractivity contribution is 8.13. The molecule has 0 radical (unpaired) electrons. The van der Waals surface area contributed by atoms with Gasteiger partial charge >= 0.3 is 0 Å². The highest BCUT2D eigenvalue weighted by Gasteiger charge is 2.32. The summed E-state index contributed by atoms with van der Waals surface area (Å²) in [5, 5.41) is 4.43. The van der Waals surface area contributed by atoms with E-state index in [4.69, 9.17) is 11.6 Å². The van der Waals surface area contributed by atoms with Crippen LogP contribution in [-0.2, 0) is 16.0 Å². The number of allylic oxidation sites excluding steroid dienone is 2. The largest absolute Gasteiger partial charge is 0.380 e. The van der Waals surface area contributed by atoms with Crippen molar-refractivity contribution in [1.29, 1.82) is 0 Å². The Morgan fingerprint density at radius 3 is 2.61 bits per heavy atom. The minimum absolute atomic E-state index is 0.0411. The molecule has 0 spiro atoms. The molecular weight excluding hydrogens is 488 g/mol. The van der Waals surface area contributed by atoms with E-state index in [0.29, 0.717) is 18.8 Å². The molecule has 0 saturated carbocycles. The van der Waals surface area contributed by atoms with Crippen molar-refractivity contribution in [2.75, 3.05) is 18.8 Å². The van der Waals surface area contributed by atoms with Crippen molar-refractivity contribution in [2.45, 2.75) is 44.6 Å². The van der Waals surface area contributed by atoms with E-state index in [0.717, 1.165) is 36.3 Å². The first kappa shape index (κ1) is 24.9. The molecule has 36 heavy (non-hydrogen) atoms. The van der Waals surface area contributed by atoms with Crippen LogP contribution >= 0.6 is 23.4 Å². The van der Waals surface area contributed by atoms with Gasteiger partial charge < -0.3 is 10.2 Å². The van der Waals surface area contributed by atoms with E-state index in [9.17, 15) is 9.59 Å². The number of nitrogens with zero attached hydrogens (tertiary/aromatic N) is 1. The number of hydrogen-bond donors (Lipinski definition) is 1. The first-order valence-electron chi connectivity index (χ1n) is 12.6. The van der Waals surface area contributed by atoms with Crippen molar-refractivity contribution in [2.24, 2.45) is 0 Å². The van der Waals surface area contributed by atoms with Crippen LogP contribution in [0.5, 0.6) is 0 Å². The molecule has 4 nitrogen and oxygen atoms in total. The normalized spacial score (nSPS) is 20.0. The van der Waals surface area contributed by atoms with E-state index in [1.807, 2.05) is 47.5 Å². The van der Waals surface area contributed by atoms with E-state index < -0.39 is 0 Å². The lowest BCUT2D eigenvalue weighted by Gasteiger charge is -2.35. The number of thioether (sulfide) groups is 1. The SMILES string of the molecule is CC(=O)SCC(C(=O)N1CCC(=C2c3ccc(Cl)cc3CCC3=CC=CNC32)CC1)c1ccccc1. The van der Waals surface area contributed by atoms with Crippen molar-refractivity contribution in [3.63, 3.8) is 0 Å². The van der Waals surface area contributed by atoms with Gasteiger partial charge in [0.15, 0.2) is 5.12 Å². The number of nitrogens with one attached hydrogen (secondary N) is 1. The molecule has 2 heterocycles. The van der Waals surface area contributed by atoms with Gasteiger partial charge in [-0.15, -0.1) is 0 Å². The topological polar surface area (TPSA) is 49.4 Å². The average molecular weight is 519 g/mol. The minimum atomic E-state index is -0.310. The van der Waals surface area contributed by atoms with Crippen molar-refractivity contribution in [1.82, 2.24) is 10.2 Å². The number of benzene rings is 2. The highest BCUT2D eigenvalue weighted by atomic mass is 35.5. The predicted octanol–water partition coefficient (Wildman–Crippen LogP) is 6.14. The van der Waals surface area contributed by atoms with Crippen LogP contribution < -0.4 is 5.32 Å². The maximum atomic E-state index is 13.7. The zero-order chi connectivity index (χ0) is 25.1. The standard InChI is InChI=1S/C30H31ClN2O2S/c1-20(34)36-19-27(21-6-3-2-4-7-21)30(35)33-16-13-22(14-17-33)28-26-12-11-25(31)18-24(26)10-9-23-8-5-15-32-29(23)28/h2-8,11-12,15,18,27,29,32H,9-10,13-14,16-17,19H2,1H3. The Kier molecular flexibility index (Phi) is 7.68. The summed E-state index contributed by atoms with van der Waals surface area (Å²) in [5.41, 5.74) is 7.72. The second kappa shape index (κ2) is 11.1. The van der Waals surface area contributed by atoms with E-state index in [1.54, 1.807) is 6.92 Å². The van der Waals surface area contributed by atoms with E-state index in [2.05, 4.69) is 29.6 Å². The van der Waals surface area contributed by atoms with Crippen LogP contribution in [0, 0.1) is 0 Å². The average Bonchev–Trinajstić information content (AvgIpc) is 3.06. The third-order valence-corrected chi connectivity index (χ3v) is 8.52. The molecular formula is C30H31ClN2O2S. The molecule has 0 aromatic heterocycles. The first-order valence-corrected chi connectivity index (χ1v) is 14.0. The smallest absolute Gasteiger partial charge is 0.230 e. The first-order chi connectivity index (χ1) is 17.5. The van der Waals surface area contributed by atoms with E-state index >= 15 is 0 Å². The highest BCUT2D eigenvalue weighted by Crippen LogP contribution is 2.40. The monoisotopic (exact) mass is 518 g/mol. The molecule has 6 heteroatoms. The molecule has 1 saturated heterocycles. The molecule has 1 aliphatic carbocycles. The van der Waals surface area contributed by atoms with Crippen LogP contribution in [0.4, 0.5) is 0 Å². The fraction of sp³-hybridized carbons (Fsp3) is 0.333. The van der Waals surface area contributed by atoms with Crippen LogP contribution in [0.1, 0.15) is 48.8 Å². The van der Waals surface area contributed by atoms with Gasteiger partial charge in [0.1, 0.15) is 0 Å². The lowest BCUT2D eigenvalue weighted by atomic mass is 9.84. The Morgan fingerprint density at radius 1 is 1.08 bits per heavy atom. The fourth-order valence-corrected chi connectivity index (χ4v) is 6.50. The van der Waals surface area contributed by atoms with Crippen molar-refractivity contribution in [3.8, 4) is 0 Å². The van der Waals surface area contributed by atoms with Gasteiger partial charge in [-0.3, -0.25) is 9.59 Å². The van der Waals surface area contributed by atoms with Crippen LogP contribution in [0.2, 0.25) is 5.02 Å². The van der Waals surface area contributed by atoms with Gasteiger partial charge in [-0.1, -0.05) is 71.4 Å². The maximum Gasteiger partial charge on any atom is 0.230 e. The third-order valence-electron chi connectivity index (χ3n) is 7.38. The van der Waals surface area contributed by atoms with Gasteiger partial charge in [0, 0.05) is 30.8 Å². The lowest BCUT2D eigenvalue weighted by Crippen LogP contribution is -2.41. The van der Waals surface area contributed by atoms with E-state index in [1.165, 1.54) is 39.6 Å². The zero-order valence-corrected chi connectivity index (χ0v) is 22.1. The summed E-state index contributed by atoms with van der Waals surface area (Å²) in [7, 11) is 0. The molecule has 2 atom stereocenters. The zero-order valence-electron chi connectivity index (χ0n) is 20.5. The van der Waals surface area contributed by atoms with Gasteiger partial charge in [-0.25, -0.2) is 0 Å². The van der Waals surface area contributed by atoms with Crippen LogP contribution in [0.3, 0.4) is 0 Å². The van der Waals surface area contributed by atoms with E-state index in [-0.39, 0.29) is 23.0 Å². The number of carbonyl (C=O) groups excluding carboxylic acids is 2.